The summed E-state index contributed by atoms with van der Waals surface area (Å²) in [5, 5.41) is 0. The maximum atomic E-state index is 6.41. The first-order valence-corrected chi connectivity index (χ1v) is 8.26. The molecule has 112 valence electrons. The van der Waals surface area contributed by atoms with Gasteiger partial charge in [0.05, 0.1) is 0 Å². The normalized spacial score (nSPS) is 27.6. The third-order valence-electron chi connectivity index (χ3n) is 5.08. The number of rotatable bonds is 3. The summed E-state index contributed by atoms with van der Waals surface area (Å²) >= 11 is 0. The van der Waals surface area contributed by atoms with Gasteiger partial charge in [-0.25, -0.2) is 0 Å². The van der Waals surface area contributed by atoms with Crippen LogP contribution in [0.4, 0.5) is 0 Å². The molecular formula is C19H31N. The van der Waals surface area contributed by atoms with Crippen LogP contribution in [0, 0.1) is 11.3 Å². The van der Waals surface area contributed by atoms with Gasteiger partial charge in [-0.1, -0.05) is 58.4 Å². The number of aryl methyl sites for hydroxylation is 1. The minimum atomic E-state index is 0.339. The molecular weight excluding hydrogens is 242 g/mol. The number of hydrogen-bond donors (Lipinski definition) is 1. The Morgan fingerprint density at radius 2 is 1.75 bits per heavy atom. The lowest BCUT2D eigenvalue weighted by molar-refractivity contribution is 0.154. The molecule has 0 saturated heterocycles. The maximum Gasteiger partial charge on any atom is 0.0108 e. The second-order valence-corrected chi connectivity index (χ2v) is 7.64. The maximum absolute atomic E-state index is 6.41. The Labute approximate surface area is 125 Å². The monoisotopic (exact) mass is 273 g/mol. The fourth-order valence-corrected chi connectivity index (χ4v) is 3.58. The Morgan fingerprint density at radius 1 is 1.10 bits per heavy atom. The van der Waals surface area contributed by atoms with Gasteiger partial charge in [-0.05, 0) is 54.1 Å². The lowest BCUT2D eigenvalue weighted by atomic mass is 9.66. The quantitative estimate of drug-likeness (QED) is 0.833. The Kier molecular flexibility index (Phi) is 4.90. The summed E-state index contributed by atoms with van der Waals surface area (Å²) in [6.07, 6.45) is 6.10. The van der Waals surface area contributed by atoms with E-state index in [2.05, 4.69) is 52.0 Å². The molecule has 2 N–H and O–H groups in total. The van der Waals surface area contributed by atoms with Crippen molar-refractivity contribution >= 4 is 0 Å². The fraction of sp³-hybridized carbons (Fsp3) is 0.684. The molecule has 3 atom stereocenters. The molecule has 2 rings (SSSR count). The highest BCUT2D eigenvalue weighted by molar-refractivity contribution is 5.27. The van der Waals surface area contributed by atoms with Crippen LogP contribution in [0.5, 0.6) is 0 Å². The van der Waals surface area contributed by atoms with Crippen molar-refractivity contribution in [3.63, 3.8) is 0 Å². The van der Waals surface area contributed by atoms with Gasteiger partial charge in [0, 0.05) is 6.04 Å². The van der Waals surface area contributed by atoms with Crippen LogP contribution >= 0.6 is 0 Å². The van der Waals surface area contributed by atoms with Crippen molar-refractivity contribution < 1.29 is 0 Å². The number of nitrogens with two attached hydrogens (primary N) is 1. The van der Waals surface area contributed by atoms with Crippen molar-refractivity contribution in [2.45, 2.75) is 71.8 Å². The molecule has 1 fully saturated rings. The SMILES string of the molecule is CCCc1ccc(C2CC(C(C)(C)C)CCC2N)cc1. The van der Waals surface area contributed by atoms with Gasteiger partial charge >= 0.3 is 0 Å². The average molecular weight is 273 g/mol. The summed E-state index contributed by atoms with van der Waals surface area (Å²) in [5.74, 6) is 1.34. The summed E-state index contributed by atoms with van der Waals surface area (Å²) < 4.78 is 0. The molecule has 0 aromatic heterocycles. The smallest absolute Gasteiger partial charge is 0.0108 e. The highest BCUT2D eigenvalue weighted by atomic mass is 14.7. The van der Waals surface area contributed by atoms with E-state index in [1.165, 1.54) is 43.2 Å². The second kappa shape index (κ2) is 6.30. The highest BCUT2D eigenvalue weighted by Gasteiger charge is 2.34. The molecule has 3 unspecified atom stereocenters. The van der Waals surface area contributed by atoms with Crippen LogP contribution in [-0.2, 0) is 6.42 Å². The zero-order chi connectivity index (χ0) is 14.8. The van der Waals surface area contributed by atoms with Crippen LogP contribution in [0.2, 0.25) is 0 Å². The Bertz CT molecular complexity index is 412. The molecule has 0 bridgehead atoms. The third-order valence-corrected chi connectivity index (χ3v) is 5.08. The van der Waals surface area contributed by atoms with E-state index in [4.69, 9.17) is 5.73 Å². The standard InChI is InChI=1S/C19H31N/c1-5-6-14-7-9-15(10-8-14)17-13-16(19(2,3)4)11-12-18(17)20/h7-10,16-18H,5-6,11-13,20H2,1-4H3. The third kappa shape index (κ3) is 3.63. The van der Waals surface area contributed by atoms with Gasteiger partial charge in [0.2, 0.25) is 0 Å². The van der Waals surface area contributed by atoms with Gasteiger partial charge in [0.15, 0.2) is 0 Å². The molecule has 0 heterocycles. The van der Waals surface area contributed by atoms with Gasteiger partial charge < -0.3 is 5.73 Å². The van der Waals surface area contributed by atoms with Gasteiger partial charge in [-0.2, -0.15) is 0 Å². The van der Waals surface area contributed by atoms with E-state index in [1.807, 2.05) is 0 Å². The lowest BCUT2D eigenvalue weighted by Crippen LogP contribution is -2.38. The number of hydrogen-bond acceptors (Lipinski definition) is 1. The molecule has 0 aliphatic heterocycles. The summed E-state index contributed by atoms with van der Waals surface area (Å²) in [7, 11) is 0. The molecule has 1 aliphatic carbocycles. The minimum absolute atomic E-state index is 0.339. The Balaban J connectivity index is 2.12. The van der Waals surface area contributed by atoms with E-state index in [0.29, 0.717) is 17.4 Å². The first kappa shape index (κ1) is 15.6. The summed E-state index contributed by atoms with van der Waals surface area (Å²) in [5.41, 5.74) is 9.72. The Hall–Kier alpha value is -0.820. The highest BCUT2D eigenvalue weighted by Crippen LogP contribution is 2.43. The van der Waals surface area contributed by atoms with Crippen LogP contribution < -0.4 is 5.73 Å². The molecule has 1 aromatic rings. The summed E-state index contributed by atoms with van der Waals surface area (Å²) in [6, 6.07) is 9.57. The van der Waals surface area contributed by atoms with Crippen LogP contribution in [0.25, 0.3) is 0 Å². The van der Waals surface area contributed by atoms with Crippen LogP contribution in [0.15, 0.2) is 24.3 Å². The zero-order valence-electron chi connectivity index (χ0n) is 13.7. The van der Waals surface area contributed by atoms with Crippen LogP contribution in [-0.4, -0.2) is 6.04 Å². The minimum Gasteiger partial charge on any atom is -0.327 e. The van der Waals surface area contributed by atoms with Crippen LogP contribution in [0.3, 0.4) is 0 Å². The first-order chi connectivity index (χ1) is 9.41. The van der Waals surface area contributed by atoms with Gasteiger partial charge in [0.1, 0.15) is 0 Å². The van der Waals surface area contributed by atoms with E-state index in [1.54, 1.807) is 0 Å². The molecule has 0 spiro atoms. The lowest BCUT2D eigenvalue weighted by Gasteiger charge is -2.41. The van der Waals surface area contributed by atoms with Crippen LogP contribution in [0.1, 0.15) is 70.4 Å². The van der Waals surface area contributed by atoms with Gasteiger partial charge in [-0.15, -0.1) is 0 Å². The predicted octanol–water partition coefficient (Wildman–Crippen LogP) is 4.90. The molecule has 1 nitrogen and oxygen atoms in total. The van der Waals surface area contributed by atoms with Crippen molar-refractivity contribution in [1.82, 2.24) is 0 Å². The van der Waals surface area contributed by atoms with E-state index >= 15 is 0 Å². The molecule has 20 heavy (non-hydrogen) atoms. The number of benzene rings is 1. The molecule has 0 radical (unpaired) electrons. The van der Waals surface area contributed by atoms with Crippen molar-refractivity contribution in [3.8, 4) is 0 Å². The van der Waals surface area contributed by atoms with E-state index in [-0.39, 0.29) is 0 Å². The summed E-state index contributed by atoms with van der Waals surface area (Å²) in [4.78, 5) is 0. The molecule has 1 aromatic carbocycles. The average Bonchev–Trinajstić information content (AvgIpc) is 2.39. The largest absolute Gasteiger partial charge is 0.327 e. The van der Waals surface area contributed by atoms with E-state index in [0.717, 1.165) is 5.92 Å². The predicted molar refractivity (Wildman–Crippen MR) is 87.9 cm³/mol. The van der Waals surface area contributed by atoms with Crippen molar-refractivity contribution in [2.75, 3.05) is 0 Å². The van der Waals surface area contributed by atoms with Crippen molar-refractivity contribution in [2.24, 2.45) is 17.1 Å². The van der Waals surface area contributed by atoms with Crippen molar-refractivity contribution in [3.05, 3.63) is 35.4 Å². The van der Waals surface area contributed by atoms with Crippen molar-refractivity contribution in [1.29, 1.82) is 0 Å². The Morgan fingerprint density at radius 3 is 2.30 bits per heavy atom. The van der Waals surface area contributed by atoms with E-state index < -0.39 is 0 Å². The molecule has 1 saturated carbocycles. The fourth-order valence-electron chi connectivity index (χ4n) is 3.58. The molecule has 1 aliphatic rings. The van der Waals surface area contributed by atoms with Gasteiger partial charge in [-0.3, -0.25) is 0 Å². The van der Waals surface area contributed by atoms with E-state index in [9.17, 15) is 0 Å². The topological polar surface area (TPSA) is 26.0 Å². The first-order valence-electron chi connectivity index (χ1n) is 8.26. The second-order valence-electron chi connectivity index (χ2n) is 7.64. The zero-order valence-corrected chi connectivity index (χ0v) is 13.7. The molecule has 1 heteroatoms. The summed E-state index contributed by atoms with van der Waals surface area (Å²) in [6.45, 7) is 9.35. The molecule has 0 amide bonds. The van der Waals surface area contributed by atoms with Gasteiger partial charge in [0.25, 0.3) is 0 Å².